The van der Waals surface area contributed by atoms with Crippen molar-refractivity contribution in [3.05, 3.63) is 18.2 Å². The third kappa shape index (κ3) is 7.95. The lowest BCUT2D eigenvalue weighted by Gasteiger charge is -2.08. The van der Waals surface area contributed by atoms with E-state index < -0.39 is 8.26 Å². The monoisotopic (exact) mass is 302 g/mol. The number of ether oxygens (including phenoxy) is 3. The molecule has 0 amide bonds. The SMILES string of the molecule is COc1ccc(OC)c(OC)c1.O=S(=O)(Cl)Cl. The zero-order chi connectivity index (χ0) is 13.5. The van der Waals surface area contributed by atoms with Crippen molar-refractivity contribution >= 4 is 29.6 Å². The molecular formula is C9H12Cl2O5S. The number of rotatable bonds is 3. The van der Waals surface area contributed by atoms with Crippen molar-refractivity contribution in [3.8, 4) is 17.2 Å². The molecule has 17 heavy (non-hydrogen) atoms. The zero-order valence-corrected chi connectivity index (χ0v) is 11.8. The van der Waals surface area contributed by atoms with Crippen LogP contribution in [-0.4, -0.2) is 29.7 Å². The minimum absolute atomic E-state index is 0.678. The second kappa shape index (κ2) is 7.47. The van der Waals surface area contributed by atoms with Crippen LogP contribution in [-0.2, 0) is 8.26 Å². The van der Waals surface area contributed by atoms with Gasteiger partial charge in [-0.15, -0.1) is 0 Å². The molecule has 0 saturated carbocycles. The van der Waals surface area contributed by atoms with Gasteiger partial charge < -0.3 is 14.2 Å². The highest BCUT2D eigenvalue weighted by Gasteiger charge is 2.03. The molecule has 0 heterocycles. The van der Waals surface area contributed by atoms with E-state index in [9.17, 15) is 0 Å². The third-order valence-electron chi connectivity index (χ3n) is 1.59. The Kier molecular flexibility index (Phi) is 7.10. The Labute approximate surface area is 109 Å². The zero-order valence-electron chi connectivity index (χ0n) is 9.44. The summed E-state index contributed by atoms with van der Waals surface area (Å²) in [6.45, 7) is 0. The van der Waals surface area contributed by atoms with E-state index in [1.54, 1.807) is 33.5 Å². The predicted octanol–water partition coefficient (Wildman–Crippen LogP) is 2.42. The predicted molar refractivity (Wildman–Crippen MR) is 66.7 cm³/mol. The van der Waals surface area contributed by atoms with Crippen molar-refractivity contribution in [1.29, 1.82) is 0 Å². The first kappa shape index (κ1) is 16.1. The summed E-state index contributed by atoms with van der Waals surface area (Å²) in [7, 11) is 9.62. The van der Waals surface area contributed by atoms with Gasteiger partial charge in [0.25, 0.3) is 0 Å². The van der Waals surface area contributed by atoms with E-state index in [-0.39, 0.29) is 0 Å². The molecule has 1 aromatic carbocycles. The van der Waals surface area contributed by atoms with Gasteiger partial charge in [0.1, 0.15) is 5.75 Å². The molecule has 0 atom stereocenters. The van der Waals surface area contributed by atoms with Crippen LogP contribution in [0.1, 0.15) is 0 Å². The van der Waals surface area contributed by atoms with Crippen LogP contribution in [0, 0.1) is 0 Å². The Hall–Kier alpha value is -0.850. The first-order valence-electron chi connectivity index (χ1n) is 4.22. The number of hydrogen-bond donors (Lipinski definition) is 0. The second-order valence-corrected chi connectivity index (χ2v) is 6.27. The maximum absolute atomic E-state index is 9.16. The largest absolute Gasteiger partial charge is 0.497 e. The Bertz CT molecular complexity index is 439. The van der Waals surface area contributed by atoms with Crippen molar-refractivity contribution in [2.45, 2.75) is 0 Å². The Morgan fingerprint density at radius 2 is 1.41 bits per heavy atom. The highest BCUT2D eigenvalue weighted by atomic mass is 36.0. The van der Waals surface area contributed by atoms with E-state index >= 15 is 0 Å². The molecule has 0 radical (unpaired) electrons. The summed E-state index contributed by atoms with van der Waals surface area (Å²) in [5.41, 5.74) is 0. The molecule has 0 N–H and O–H groups in total. The fourth-order valence-electron chi connectivity index (χ4n) is 0.944. The first-order chi connectivity index (χ1) is 7.81. The molecule has 0 fully saturated rings. The summed E-state index contributed by atoms with van der Waals surface area (Å²) >= 11 is 0. The van der Waals surface area contributed by atoms with Crippen LogP contribution in [0.2, 0.25) is 0 Å². The molecule has 0 aromatic heterocycles. The molecule has 0 aliphatic rings. The highest BCUT2D eigenvalue weighted by molar-refractivity contribution is 8.31. The maximum Gasteiger partial charge on any atom is 0.317 e. The number of hydrogen-bond acceptors (Lipinski definition) is 5. The molecule has 0 aliphatic carbocycles. The smallest absolute Gasteiger partial charge is 0.317 e. The van der Waals surface area contributed by atoms with Gasteiger partial charge in [-0.2, -0.15) is 8.42 Å². The number of halogens is 2. The van der Waals surface area contributed by atoms with E-state index in [1.807, 2.05) is 6.07 Å². The molecular weight excluding hydrogens is 291 g/mol. The van der Waals surface area contributed by atoms with Crippen molar-refractivity contribution in [2.75, 3.05) is 21.3 Å². The van der Waals surface area contributed by atoms with E-state index in [0.717, 1.165) is 5.75 Å². The molecule has 0 spiro atoms. The van der Waals surface area contributed by atoms with Crippen molar-refractivity contribution in [2.24, 2.45) is 0 Å². The standard InChI is InChI=1S/C9H12O3.Cl2O2S/c1-10-7-4-5-8(11-2)9(6-7)12-3;1-5(2,3)4/h4-6H,1-3H3;. The average molecular weight is 303 g/mol. The highest BCUT2D eigenvalue weighted by Crippen LogP contribution is 2.30. The van der Waals surface area contributed by atoms with Gasteiger partial charge in [-0.05, 0) is 12.1 Å². The van der Waals surface area contributed by atoms with E-state index in [1.165, 1.54) is 0 Å². The molecule has 1 aromatic rings. The number of methoxy groups -OCH3 is 3. The summed E-state index contributed by atoms with van der Waals surface area (Å²) < 4.78 is 33.5. The molecule has 5 nitrogen and oxygen atoms in total. The third-order valence-corrected chi connectivity index (χ3v) is 1.59. The fourth-order valence-corrected chi connectivity index (χ4v) is 0.944. The van der Waals surface area contributed by atoms with Crippen LogP contribution in [0.25, 0.3) is 0 Å². The normalized spacial score (nSPS) is 9.94. The van der Waals surface area contributed by atoms with E-state index in [0.29, 0.717) is 11.5 Å². The summed E-state index contributed by atoms with van der Waals surface area (Å²) in [6, 6.07) is 5.40. The molecule has 0 saturated heterocycles. The minimum atomic E-state index is -3.72. The first-order valence-corrected chi connectivity index (χ1v) is 7.35. The number of benzene rings is 1. The molecule has 1 rings (SSSR count). The average Bonchev–Trinajstić information content (AvgIpc) is 2.25. The fraction of sp³-hybridized carbons (Fsp3) is 0.333. The lowest BCUT2D eigenvalue weighted by Crippen LogP contribution is -1.91. The van der Waals surface area contributed by atoms with Gasteiger partial charge >= 0.3 is 8.26 Å². The summed E-state index contributed by atoms with van der Waals surface area (Å²) in [4.78, 5) is 0. The quantitative estimate of drug-likeness (QED) is 0.803. The van der Waals surface area contributed by atoms with Crippen LogP contribution in [0.5, 0.6) is 17.2 Å². The molecule has 98 valence electrons. The molecule has 0 aliphatic heterocycles. The van der Waals surface area contributed by atoms with Gasteiger partial charge in [0.2, 0.25) is 0 Å². The van der Waals surface area contributed by atoms with Crippen LogP contribution in [0.15, 0.2) is 18.2 Å². The Morgan fingerprint density at radius 1 is 0.941 bits per heavy atom. The minimum Gasteiger partial charge on any atom is -0.497 e. The van der Waals surface area contributed by atoms with Crippen molar-refractivity contribution < 1.29 is 22.6 Å². The molecule has 0 bridgehead atoms. The van der Waals surface area contributed by atoms with E-state index in [4.69, 9.17) is 22.6 Å². The van der Waals surface area contributed by atoms with Gasteiger partial charge in [-0.1, -0.05) is 0 Å². The summed E-state index contributed by atoms with van der Waals surface area (Å²) in [5, 5.41) is 0. The van der Waals surface area contributed by atoms with Gasteiger partial charge in [-0.25, -0.2) is 0 Å². The summed E-state index contributed by atoms with van der Waals surface area (Å²) in [6.07, 6.45) is 0. The maximum atomic E-state index is 9.16. The van der Waals surface area contributed by atoms with E-state index in [2.05, 4.69) is 21.4 Å². The second-order valence-electron chi connectivity index (χ2n) is 2.60. The van der Waals surface area contributed by atoms with Crippen LogP contribution in [0.3, 0.4) is 0 Å². The van der Waals surface area contributed by atoms with Crippen LogP contribution < -0.4 is 14.2 Å². The molecule has 8 heteroatoms. The Morgan fingerprint density at radius 3 is 1.76 bits per heavy atom. The van der Waals surface area contributed by atoms with Crippen LogP contribution >= 0.6 is 21.4 Å². The van der Waals surface area contributed by atoms with Crippen molar-refractivity contribution in [1.82, 2.24) is 0 Å². The Balaban J connectivity index is 0.000000437. The van der Waals surface area contributed by atoms with Crippen molar-refractivity contribution in [3.63, 3.8) is 0 Å². The lowest BCUT2D eigenvalue weighted by molar-refractivity contribution is 0.349. The van der Waals surface area contributed by atoms with Gasteiger partial charge in [-0.3, -0.25) is 0 Å². The van der Waals surface area contributed by atoms with Crippen LogP contribution in [0.4, 0.5) is 0 Å². The molecule has 0 unspecified atom stereocenters. The van der Waals surface area contributed by atoms with Gasteiger partial charge in [0.15, 0.2) is 11.5 Å². The van der Waals surface area contributed by atoms with Gasteiger partial charge in [0.05, 0.1) is 21.3 Å². The lowest BCUT2D eigenvalue weighted by atomic mass is 10.3. The van der Waals surface area contributed by atoms with Gasteiger partial charge in [0, 0.05) is 27.4 Å². The summed E-state index contributed by atoms with van der Waals surface area (Å²) in [5.74, 6) is 2.14. The topological polar surface area (TPSA) is 61.8 Å².